The zero-order chi connectivity index (χ0) is 32.8. The number of alkyl halides is 2. The lowest BCUT2D eigenvalue weighted by Gasteiger charge is -2.42. The first-order valence-electron chi connectivity index (χ1n) is 14.3. The second-order valence-electron chi connectivity index (χ2n) is 10.9. The van der Waals surface area contributed by atoms with E-state index < -0.39 is 41.4 Å². The Kier molecular flexibility index (Phi) is 8.21. The fourth-order valence-electron chi connectivity index (χ4n) is 5.71. The number of hydrogen-bond acceptors (Lipinski definition) is 6. The van der Waals surface area contributed by atoms with Gasteiger partial charge in [0.2, 0.25) is 5.82 Å². The number of fused-ring (bicyclic) bond motifs is 2. The van der Waals surface area contributed by atoms with E-state index in [1.54, 1.807) is 31.4 Å². The lowest BCUT2D eigenvalue weighted by Crippen LogP contribution is -2.51. The lowest BCUT2D eigenvalue weighted by molar-refractivity contribution is -0.143. The van der Waals surface area contributed by atoms with Crippen LogP contribution in [-0.4, -0.2) is 46.3 Å². The van der Waals surface area contributed by atoms with E-state index in [1.807, 2.05) is 0 Å². The number of para-hydroxylation sites is 1. The molecule has 3 aromatic carbocycles. The summed E-state index contributed by atoms with van der Waals surface area (Å²) in [5.41, 5.74) is -1.41. The molecule has 0 saturated heterocycles. The number of halogens is 5. The Morgan fingerprint density at radius 1 is 1.13 bits per heavy atom. The first-order chi connectivity index (χ1) is 22.0. The van der Waals surface area contributed by atoms with Crippen molar-refractivity contribution in [3.8, 4) is 28.6 Å². The molecule has 0 radical (unpaired) electrons. The first kappa shape index (κ1) is 31.5. The minimum atomic E-state index is -3.42. The van der Waals surface area contributed by atoms with Crippen molar-refractivity contribution in [2.24, 2.45) is 0 Å². The molecule has 3 heterocycles. The summed E-state index contributed by atoms with van der Waals surface area (Å²) in [6, 6.07) is 9.95. The number of esters is 1. The molecular formula is C33H28F5N3O4S. The largest absolute Gasteiger partial charge is 0.487 e. The molecule has 13 heteroatoms. The second-order valence-corrected chi connectivity index (χ2v) is 11.7. The molecule has 0 saturated carbocycles. The summed E-state index contributed by atoms with van der Waals surface area (Å²) in [5, 5.41) is 0.411. The Labute approximate surface area is 264 Å². The average Bonchev–Trinajstić information content (AvgIpc) is 3.73. The summed E-state index contributed by atoms with van der Waals surface area (Å²) in [7, 11) is 0. The zero-order valence-corrected chi connectivity index (χ0v) is 25.7. The Morgan fingerprint density at radius 3 is 2.70 bits per heavy atom. The van der Waals surface area contributed by atoms with Crippen LogP contribution in [0.4, 0.5) is 22.0 Å². The highest BCUT2D eigenvalue weighted by Crippen LogP contribution is 2.52. The number of aromatic amines is 2. The van der Waals surface area contributed by atoms with E-state index in [0.29, 0.717) is 15.8 Å². The SMILES string of the molecule is CCOC(=O)CCc1cccc2c1OCC(F)(F)[C@@]2(C)c1cnc(-c2cc(Oc3c(F)c(F)c4[nH]ccc4c3SC)ccc2F)[nH]1. The van der Waals surface area contributed by atoms with Gasteiger partial charge in [-0.15, -0.1) is 11.8 Å². The van der Waals surface area contributed by atoms with Crippen LogP contribution in [-0.2, 0) is 21.4 Å². The van der Waals surface area contributed by atoms with E-state index in [9.17, 15) is 9.18 Å². The van der Waals surface area contributed by atoms with Crippen LogP contribution in [0, 0.1) is 17.5 Å². The third-order valence-corrected chi connectivity index (χ3v) is 9.02. The van der Waals surface area contributed by atoms with Crippen LogP contribution < -0.4 is 9.47 Å². The van der Waals surface area contributed by atoms with E-state index in [4.69, 9.17) is 14.2 Å². The molecule has 0 unspecified atom stereocenters. The van der Waals surface area contributed by atoms with E-state index in [0.717, 1.165) is 17.8 Å². The highest BCUT2D eigenvalue weighted by atomic mass is 32.2. The van der Waals surface area contributed by atoms with Crippen molar-refractivity contribution >= 4 is 28.6 Å². The van der Waals surface area contributed by atoms with Crippen molar-refractivity contribution in [2.45, 2.75) is 42.9 Å². The Bertz CT molecular complexity index is 1960. The number of imidazole rings is 1. The number of rotatable bonds is 9. The number of benzene rings is 3. The van der Waals surface area contributed by atoms with Crippen molar-refractivity contribution in [3.05, 3.63) is 89.1 Å². The maximum atomic E-state index is 15.8. The molecule has 0 aliphatic carbocycles. The van der Waals surface area contributed by atoms with Gasteiger partial charge in [-0.05, 0) is 56.4 Å². The van der Waals surface area contributed by atoms with E-state index >= 15 is 17.6 Å². The fourth-order valence-corrected chi connectivity index (χ4v) is 6.41. The summed E-state index contributed by atoms with van der Waals surface area (Å²) >= 11 is 1.15. The van der Waals surface area contributed by atoms with Crippen LogP contribution in [0.5, 0.6) is 17.2 Å². The third-order valence-electron chi connectivity index (χ3n) is 8.21. The van der Waals surface area contributed by atoms with Crippen LogP contribution in [0.25, 0.3) is 22.3 Å². The minimum Gasteiger partial charge on any atom is -0.487 e. The van der Waals surface area contributed by atoms with Crippen molar-refractivity contribution in [1.82, 2.24) is 15.0 Å². The van der Waals surface area contributed by atoms with E-state index in [1.165, 1.54) is 37.5 Å². The van der Waals surface area contributed by atoms with Crippen LogP contribution >= 0.6 is 11.8 Å². The lowest BCUT2D eigenvalue weighted by atomic mass is 9.72. The van der Waals surface area contributed by atoms with Gasteiger partial charge in [0.15, 0.2) is 18.2 Å². The van der Waals surface area contributed by atoms with E-state index in [2.05, 4.69) is 15.0 Å². The molecule has 0 amide bonds. The predicted molar refractivity (Wildman–Crippen MR) is 162 cm³/mol. The molecule has 1 atom stereocenters. The Balaban J connectivity index is 1.36. The van der Waals surface area contributed by atoms with Crippen LogP contribution in [0.2, 0.25) is 0 Å². The molecule has 2 N–H and O–H groups in total. The molecule has 2 aromatic heterocycles. The van der Waals surface area contributed by atoms with Gasteiger partial charge in [-0.2, -0.15) is 4.39 Å². The quantitative estimate of drug-likeness (QED) is 0.0942. The smallest absolute Gasteiger partial charge is 0.306 e. The maximum absolute atomic E-state index is 15.8. The summed E-state index contributed by atoms with van der Waals surface area (Å²) < 4.78 is 92.9. The van der Waals surface area contributed by atoms with Crippen molar-refractivity contribution in [3.63, 3.8) is 0 Å². The number of ether oxygens (including phenoxy) is 3. The predicted octanol–water partition coefficient (Wildman–Crippen LogP) is 8.32. The van der Waals surface area contributed by atoms with Gasteiger partial charge in [-0.3, -0.25) is 4.79 Å². The molecule has 5 aromatic rings. The molecule has 0 bridgehead atoms. The number of nitrogens with one attached hydrogen (secondary N) is 2. The minimum absolute atomic E-state index is 0.0109. The Hall–Kier alpha value is -4.52. The summed E-state index contributed by atoms with van der Waals surface area (Å²) in [5.74, 6) is -7.19. The molecule has 6 rings (SSSR count). The summed E-state index contributed by atoms with van der Waals surface area (Å²) in [6.45, 7) is 2.32. The highest BCUT2D eigenvalue weighted by Gasteiger charge is 2.58. The van der Waals surface area contributed by atoms with Crippen molar-refractivity contribution in [1.29, 1.82) is 0 Å². The van der Waals surface area contributed by atoms with Crippen molar-refractivity contribution in [2.75, 3.05) is 19.5 Å². The number of thioether (sulfide) groups is 1. The number of H-pyrrole nitrogens is 2. The molecular weight excluding hydrogens is 629 g/mol. The number of nitrogens with zero attached hydrogens (tertiary/aromatic N) is 1. The van der Waals surface area contributed by atoms with Gasteiger partial charge in [0.1, 0.15) is 28.6 Å². The van der Waals surface area contributed by atoms with Gasteiger partial charge in [0, 0.05) is 29.8 Å². The summed E-state index contributed by atoms with van der Waals surface area (Å²) in [6.07, 6.45) is 4.63. The highest BCUT2D eigenvalue weighted by molar-refractivity contribution is 7.99. The number of aryl methyl sites for hydroxylation is 1. The average molecular weight is 658 g/mol. The normalized spacial score (nSPS) is 17.0. The third kappa shape index (κ3) is 5.16. The summed E-state index contributed by atoms with van der Waals surface area (Å²) in [4.78, 5) is 22.0. The molecule has 0 spiro atoms. The van der Waals surface area contributed by atoms with Gasteiger partial charge in [0.25, 0.3) is 5.92 Å². The van der Waals surface area contributed by atoms with Gasteiger partial charge in [0.05, 0.1) is 28.3 Å². The topological polar surface area (TPSA) is 89.2 Å². The van der Waals surface area contributed by atoms with Crippen LogP contribution in [0.3, 0.4) is 0 Å². The number of carbonyl (C=O) groups is 1. The van der Waals surface area contributed by atoms with Crippen molar-refractivity contribution < 1.29 is 41.0 Å². The van der Waals surface area contributed by atoms with Crippen LogP contribution in [0.15, 0.2) is 59.8 Å². The molecule has 46 heavy (non-hydrogen) atoms. The first-order valence-corrected chi connectivity index (χ1v) is 15.6. The molecule has 240 valence electrons. The van der Waals surface area contributed by atoms with Gasteiger partial charge in [-0.25, -0.2) is 22.5 Å². The number of hydrogen-bond donors (Lipinski definition) is 2. The van der Waals surface area contributed by atoms with Gasteiger partial charge in [-0.1, -0.05) is 18.2 Å². The fraction of sp³-hybridized carbons (Fsp3) is 0.273. The maximum Gasteiger partial charge on any atom is 0.306 e. The monoisotopic (exact) mass is 657 g/mol. The van der Waals surface area contributed by atoms with E-state index in [-0.39, 0.29) is 64.9 Å². The number of aromatic nitrogens is 3. The second kappa shape index (κ2) is 12.0. The zero-order valence-electron chi connectivity index (χ0n) is 24.9. The van der Waals surface area contributed by atoms with Gasteiger partial charge >= 0.3 is 5.97 Å². The van der Waals surface area contributed by atoms with Crippen LogP contribution in [0.1, 0.15) is 37.1 Å². The molecule has 0 fully saturated rings. The van der Waals surface area contributed by atoms with Gasteiger partial charge < -0.3 is 24.2 Å². The number of carbonyl (C=O) groups excluding carboxylic acids is 1. The molecule has 1 aliphatic heterocycles. The Morgan fingerprint density at radius 2 is 1.93 bits per heavy atom. The standard InChI is InChI=1S/C33H28F5N3O4S/c1-4-43-24(42)11-8-17-6-5-7-21-28(17)44-16-33(37,38)32(21,2)23-15-40-31(41-23)20-14-18(9-10-22(20)34)45-29-26(36)25(35)27-19(12-13-39-27)30(29)46-3/h5-7,9-10,12-15,39H,4,8,11,16H2,1-3H3,(H,40,41)/t32-/m1/s1. The molecule has 7 nitrogen and oxygen atoms in total. The molecule has 1 aliphatic rings.